The Morgan fingerprint density at radius 2 is 2.20 bits per heavy atom. The van der Waals surface area contributed by atoms with Gasteiger partial charge in [-0.1, -0.05) is 5.92 Å². The maximum absolute atomic E-state index is 9.99. The molecule has 1 N–H and O–H groups in total. The molecule has 0 amide bonds. The minimum absolute atomic E-state index is 0.267. The van der Waals surface area contributed by atoms with Gasteiger partial charge in [0.15, 0.2) is 0 Å². The number of aliphatic carboxylic acids is 1. The molecule has 0 rings (SSSR count). The van der Waals surface area contributed by atoms with Crippen molar-refractivity contribution in [3.63, 3.8) is 0 Å². The molecule has 0 saturated heterocycles. The van der Waals surface area contributed by atoms with Gasteiger partial charge in [-0.2, -0.15) is 0 Å². The smallest absolute Gasteiger partial charge is 0.303 e. The fourth-order valence-electron chi connectivity index (χ4n) is 0.537. The molecule has 0 aliphatic heterocycles. The van der Waals surface area contributed by atoms with Crippen LogP contribution in [-0.4, -0.2) is 11.1 Å². The monoisotopic (exact) mass is 252 g/mol. The fraction of sp³-hybridized carbons (Fsp3) is 0.571. The Balaban J connectivity index is 3.03. The summed E-state index contributed by atoms with van der Waals surface area (Å²) in [4.78, 5) is 9.99. The zero-order valence-corrected chi connectivity index (χ0v) is 7.72. The van der Waals surface area contributed by atoms with Crippen molar-refractivity contribution in [1.82, 2.24) is 0 Å². The van der Waals surface area contributed by atoms with Crippen molar-refractivity contribution in [2.75, 3.05) is 0 Å². The molecule has 0 bridgehead atoms. The summed E-state index contributed by atoms with van der Waals surface area (Å²) in [5.74, 6) is 2.15. The van der Waals surface area contributed by atoms with Crippen LogP contribution in [0.3, 0.4) is 0 Å². The molecule has 0 atom stereocenters. The van der Waals surface area contributed by atoms with Gasteiger partial charge in [-0.05, 0) is 16.8 Å². The van der Waals surface area contributed by atoms with Crippen LogP contribution >= 0.6 is 22.6 Å². The molecule has 2 nitrogen and oxygen atoms in total. The first-order valence-corrected chi connectivity index (χ1v) is 4.15. The van der Waals surface area contributed by atoms with E-state index in [0.717, 1.165) is 19.3 Å². The SMILES string of the molecule is O=C(O)CCCCC#CI. The highest BCUT2D eigenvalue weighted by Crippen LogP contribution is 1.98. The topological polar surface area (TPSA) is 37.3 Å². The van der Waals surface area contributed by atoms with Crippen LogP contribution in [-0.2, 0) is 4.79 Å². The Morgan fingerprint density at radius 3 is 2.70 bits per heavy atom. The lowest BCUT2D eigenvalue weighted by Gasteiger charge is -1.89. The van der Waals surface area contributed by atoms with E-state index in [2.05, 4.69) is 9.85 Å². The van der Waals surface area contributed by atoms with Crippen LogP contribution in [0.5, 0.6) is 0 Å². The second-order valence-corrected chi connectivity index (χ2v) is 2.41. The predicted molar refractivity (Wildman–Crippen MR) is 47.9 cm³/mol. The van der Waals surface area contributed by atoms with Crippen molar-refractivity contribution in [2.24, 2.45) is 0 Å². The number of halogens is 1. The van der Waals surface area contributed by atoms with Crippen molar-refractivity contribution in [3.05, 3.63) is 0 Å². The summed E-state index contributed by atoms with van der Waals surface area (Å²) in [6, 6.07) is 0. The van der Waals surface area contributed by atoms with Crippen LogP contribution in [0.1, 0.15) is 25.7 Å². The van der Waals surface area contributed by atoms with E-state index < -0.39 is 5.97 Å². The standard InChI is InChI=1S/C7H9IO2/c8-6-4-2-1-3-5-7(9)10/h1-3,5H2,(H,9,10). The van der Waals surface area contributed by atoms with E-state index in [1.54, 1.807) is 0 Å². The highest BCUT2D eigenvalue weighted by Gasteiger charge is 1.93. The first kappa shape index (κ1) is 9.76. The molecular formula is C7H9IO2. The van der Waals surface area contributed by atoms with Gasteiger partial charge in [-0.25, -0.2) is 0 Å². The molecule has 0 aliphatic rings. The van der Waals surface area contributed by atoms with Crippen LogP contribution in [0.2, 0.25) is 0 Å². The largest absolute Gasteiger partial charge is 0.481 e. The Labute approximate surface area is 74.1 Å². The number of unbranched alkanes of at least 4 members (excludes halogenated alkanes) is 2. The van der Waals surface area contributed by atoms with Gasteiger partial charge < -0.3 is 5.11 Å². The second-order valence-electron chi connectivity index (χ2n) is 1.87. The summed E-state index contributed by atoms with van der Waals surface area (Å²) in [5.41, 5.74) is 0. The molecule has 0 spiro atoms. The lowest BCUT2D eigenvalue weighted by atomic mass is 10.2. The molecular weight excluding hydrogens is 243 g/mol. The number of carbonyl (C=O) groups is 1. The minimum atomic E-state index is -0.720. The molecule has 10 heavy (non-hydrogen) atoms. The fourth-order valence-corrected chi connectivity index (χ4v) is 0.807. The molecule has 0 unspecified atom stereocenters. The van der Waals surface area contributed by atoms with Gasteiger partial charge in [0.2, 0.25) is 0 Å². The van der Waals surface area contributed by atoms with Crippen LogP contribution in [0.25, 0.3) is 0 Å². The molecule has 3 heteroatoms. The summed E-state index contributed by atoms with van der Waals surface area (Å²) < 4.78 is 2.73. The Morgan fingerprint density at radius 1 is 1.50 bits per heavy atom. The zero-order valence-electron chi connectivity index (χ0n) is 5.56. The van der Waals surface area contributed by atoms with Crippen LogP contribution < -0.4 is 0 Å². The molecule has 0 aromatic rings. The van der Waals surface area contributed by atoms with Gasteiger partial charge in [-0.15, -0.1) is 0 Å². The Kier molecular flexibility index (Phi) is 6.71. The Hall–Kier alpha value is -0.240. The van der Waals surface area contributed by atoms with Gasteiger partial charge in [0.05, 0.1) is 0 Å². The van der Waals surface area contributed by atoms with Gasteiger partial charge in [0, 0.05) is 35.4 Å². The van der Waals surface area contributed by atoms with E-state index in [1.165, 1.54) is 0 Å². The van der Waals surface area contributed by atoms with E-state index >= 15 is 0 Å². The summed E-state index contributed by atoms with van der Waals surface area (Å²) in [7, 11) is 0. The molecule has 0 aromatic heterocycles. The maximum Gasteiger partial charge on any atom is 0.303 e. The Bertz CT molecular complexity index is 155. The number of hydrogen-bond donors (Lipinski definition) is 1. The minimum Gasteiger partial charge on any atom is -0.481 e. The van der Waals surface area contributed by atoms with Gasteiger partial charge in [0.25, 0.3) is 0 Å². The van der Waals surface area contributed by atoms with Gasteiger partial charge in [0.1, 0.15) is 0 Å². The number of rotatable bonds is 4. The van der Waals surface area contributed by atoms with E-state index in [-0.39, 0.29) is 6.42 Å². The molecule has 0 radical (unpaired) electrons. The first-order chi connectivity index (χ1) is 4.77. The lowest BCUT2D eigenvalue weighted by Crippen LogP contribution is -1.92. The van der Waals surface area contributed by atoms with Crippen molar-refractivity contribution >= 4 is 28.6 Å². The molecule has 0 heterocycles. The van der Waals surface area contributed by atoms with Gasteiger partial charge in [-0.3, -0.25) is 4.79 Å². The van der Waals surface area contributed by atoms with Crippen molar-refractivity contribution in [2.45, 2.75) is 25.7 Å². The number of carboxylic acid groups (broad SMARTS) is 1. The second kappa shape index (κ2) is 6.87. The number of carboxylic acids is 1. The summed E-state index contributed by atoms with van der Waals surface area (Å²) >= 11 is 1.98. The molecule has 0 aromatic carbocycles. The third kappa shape index (κ3) is 7.76. The lowest BCUT2D eigenvalue weighted by molar-refractivity contribution is -0.137. The van der Waals surface area contributed by atoms with Crippen LogP contribution in [0.4, 0.5) is 0 Å². The third-order valence-corrected chi connectivity index (χ3v) is 1.39. The molecule has 0 saturated carbocycles. The van der Waals surface area contributed by atoms with Crippen LogP contribution in [0, 0.1) is 9.85 Å². The normalized spacial score (nSPS) is 8.10. The van der Waals surface area contributed by atoms with E-state index in [1.807, 2.05) is 22.6 Å². The summed E-state index contributed by atoms with van der Waals surface area (Å²) in [5, 5.41) is 8.23. The molecule has 0 fully saturated rings. The van der Waals surface area contributed by atoms with Gasteiger partial charge >= 0.3 is 5.97 Å². The average Bonchev–Trinajstić information content (AvgIpc) is 1.87. The highest BCUT2D eigenvalue weighted by molar-refractivity contribution is 14.1. The first-order valence-electron chi connectivity index (χ1n) is 3.07. The average molecular weight is 252 g/mol. The van der Waals surface area contributed by atoms with E-state index in [9.17, 15) is 4.79 Å². The van der Waals surface area contributed by atoms with E-state index in [4.69, 9.17) is 5.11 Å². The summed E-state index contributed by atoms with van der Waals surface area (Å²) in [6.07, 6.45) is 2.71. The molecule has 0 aliphatic carbocycles. The predicted octanol–water partition coefficient (Wildman–Crippen LogP) is 2.03. The maximum atomic E-state index is 9.99. The number of hydrogen-bond acceptors (Lipinski definition) is 1. The van der Waals surface area contributed by atoms with Crippen LogP contribution in [0.15, 0.2) is 0 Å². The zero-order chi connectivity index (χ0) is 7.82. The van der Waals surface area contributed by atoms with Crippen molar-refractivity contribution < 1.29 is 9.90 Å². The highest BCUT2D eigenvalue weighted by atomic mass is 127. The van der Waals surface area contributed by atoms with Crippen molar-refractivity contribution in [1.29, 1.82) is 0 Å². The molecule has 56 valence electrons. The summed E-state index contributed by atoms with van der Waals surface area (Å²) in [6.45, 7) is 0. The van der Waals surface area contributed by atoms with E-state index in [0.29, 0.717) is 0 Å². The third-order valence-electron chi connectivity index (χ3n) is 1.01. The quantitative estimate of drug-likeness (QED) is 0.472. The van der Waals surface area contributed by atoms with Crippen molar-refractivity contribution in [3.8, 4) is 9.85 Å².